The lowest BCUT2D eigenvalue weighted by Gasteiger charge is -2.23. The highest BCUT2D eigenvalue weighted by atomic mass is 19.4. The number of amides is 1. The number of aromatic amines is 1. The predicted octanol–water partition coefficient (Wildman–Crippen LogP) is 1.79. The standard InChI is InChI=1S/C21H21F3N4O/c1-14-8-7-13-17(25-14)26-20(21(22,23)24)19(29)28(16-11-5-6-12-16)18(27-20)15-9-3-2-4-10-15/h2-4,7-10,13,16H,5-6,11-12H2,1H3,(H,25,26)/p+2/t20-/m0/s1. The smallest absolute Gasteiger partial charge is 0.245 e. The number of anilines is 1. The van der Waals surface area contributed by atoms with Crippen molar-refractivity contribution in [2.45, 2.75) is 50.5 Å². The number of aromatic nitrogens is 1. The Morgan fingerprint density at radius 3 is 2.38 bits per heavy atom. The molecule has 2 aromatic rings. The molecule has 1 aromatic carbocycles. The fraction of sp³-hybridized carbons (Fsp3) is 0.381. The van der Waals surface area contributed by atoms with Crippen molar-refractivity contribution in [2.75, 3.05) is 5.32 Å². The summed E-state index contributed by atoms with van der Waals surface area (Å²) in [5, 5.41) is 2.43. The summed E-state index contributed by atoms with van der Waals surface area (Å²) < 4.78 is 43.2. The average molecular weight is 404 g/mol. The van der Waals surface area contributed by atoms with E-state index >= 15 is 0 Å². The van der Waals surface area contributed by atoms with E-state index in [1.165, 1.54) is 11.0 Å². The van der Waals surface area contributed by atoms with Crippen LogP contribution in [0, 0.1) is 6.92 Å². The molecule has 8 heteroatoms. The first-order chi connectivity index (χ1) is 13.8. The maximum atomic E-state index is 14.4. The van der Waals surface area contributed by atoms with Crippen molar-refractivity contribution in [2.24, 2.45) is 0 Å². The van der Waals surface area contributed by atoms with Crippen LogP contribution in [0.25, 0.3) is 0 Å². The number of halogens is 3. The number of carbonyl (C=O) groups is 1. The van der Waals surface area contributed by atoms with Gasteiger partial charge in [-0.15, -0.1) is 0 Å². The second-order valence-corrected chi connectivity index (χ2v) is 7.57. The molecule has 1 amide bonds. The van der Waals surface area contributed by atoms with Gasteiger partial charge in [-0.2, -0.15) is 18.1 Å². The van der Waals surface area contributed by atoms with Gasteiger partial charge in [0, 0.05) is 6.07 Å². The fourth-order valence-corrected chi connectivity index (χ4v) is 4.10. The van der Waals surface area contributed by atoms with E-state index in [0.29, 0.717) is 24.1 Å². The van der Waals surface area contributed by atoms with Crippen molar-refractivity contribution < 1.29 is 27.9 Å². The minimum atomic E-state index is -4.87. The molecular weight excluding hydrogens is 381 g/mol. The monoisotopic (exact) mass is 404 g/mol. The molecule has 0 bridgehead atoms. The van der Waals surface area contributed by atoms with E-state index in [2.05, 4.69) is 15.3 Å². The van der Waals surface area contributed by atoms with Gasteiger partial charge in [0.1, 0.15) is 6.04 Å². The van der Waals surface area contributed by atoms with E-state index < -0.39 is 17.7 Å². The molecule has 1 aliphatic heterocycles. The minimum Gasteiger partial charge on any atom is -0.245 e. The third-order valence-corrected chi connectivity index (χ3v) is 5.51. The van der Waals surface area contributed by atoms with Crippen LogP contribution in [0.3, 0.4) is 0 Å². The van der Waals surface area contributed by atoms with Gasteiger partial charge < -0.3 is 0 Å². The molecule has 0 saturated heterocycles. The lowest BCUT2D eigenvalue weighted by atomic mass is 10.1. The number of hydrogen-bond donors (Lipinski definition) is 2. The molecule has 0 spiro atoms. The molecule has 1 aromatic heterocycles. The van der Waals surface area contributed by atoms with Crippen LogP contribution in [-0.2, 0) is 4.79 Å². The van der Waals surface area contributed by atoms with Gasteiger partial charge in [0.25, 0.3) is 11.7 Å². The average Bonchev–Trinajstić information content (AvgIpc) is 3.29. The fourth-order valence-electron chi connectivity index (χ4n) is 4.10. The Hall–Kier alpha value is -2.90. The van der Waals surface area contributed by atoms with Gasteiger partial charge in [-0.1, -0.05) is 24.3 Å². The lowest BCUT2D eigenvalue weighted by molar-refractivity contribution is -0.568. The Kier molecular flexibility index (Phi) is 4.80. The Labute approximate surface area is 166 Å². The van der Waals surface area contributed by atoms with Gasteiger partial charge in [-0.25, -0.2) is 20.1 Å². The van der Waals surface area contributed by atoms with Crippen molar-refractivity contribution in [3.63, 3.8) is 0 Å². The third kappa shape index (κ3) is 3.36. The number of aryl methyl sites for hydroxylation is 1. The largest absolute Gasteiger partial charge is 0.488 e. The first kappa shape index (κ1) is 19.4. The normalized spacial score (nSPS) is 22.8. The molecule has 1 aliphatic carbocycles. The molecule has 2 heterocycles. The Bertz CT molecular complexity index is 938. The second kappa shape index (κ2) is 7.17. The molecule has 4 rings (SSSR count). The van der Waals surface area contributed by atoms with Crippen molar-refractivity contribution in [3.8, 4) is 0 Å². The lowest BCUT2D eigenvalue weighted by Crippen LogP contribution is -2.94. The van der Waals surface area contributed by atoms with Crippen LogP contribution in [0.2, 0.25) is 0 Å². The van der Waals surface area contributed by atoms with Crippen LogP contribution >= 0.6 is 0 Å². The van der Waals surface area contributed by atoms with Crippen LogP contribution in [-0.4, -0.2) is 34.5 Å². The molecule has 1 saturated carbocycles. The molecular formula is C21H23F3N4O+2. The van der Waals surface area contributed by atoms with Crippen LogP contribution in [0.4, 0.5) is 19.0 Å². The summed E-state index contributed by atoms with van der Waals surface area (Å²) in [6.45, 7) is 1.74. The summed E-state index contributed by atoms with van der Waals surface area (Å²) in [6.07, 6.45) is -1.69. The number of hydrogen-bond acceptors (Lipinski definition) is 2. The van der Waals surface area contributed by atoms with Crippen molar-refractivity contribution in [3.05, 3.63) is 59.8 Å². The van der Waals surface area contributed by atoms with Crippen LogP contribution in [0.15, 0.2) is 48.5 Å². The zero-order valence-electron chi connectivity index (χ0n) is 16.0. The number of pyridine rings is 1. The molecule has 152 valence electrons. The maximum absolute atomic E-state index is 14.4. The quantitative estimate of drug-likeness (QED) is 0.816. The number of rotatable bonds is 4. The van der Waals surface area contributed by atoms with Crippen LogP contribution < -0.4 is 15.3 Å². The molecule has 0 radical (unpaired) electrons. The maximum Gasteiger partial charge on any atom is 0.488 e. The summed E-state index contributed by atoms with van der Waals surface area (Å²) in [4.78, 5) is 20.1. The van der Waals surface area contributed by atoms with Gasteiger partial charge in [-0.05, 0) is 50.8 Å². The highest BCUT2D eigenvalue weighted by Crippen LogP contribution is 2.35. The SMILES string of the molecule is Cc1cccc(N[C@]2(C(F)(F)F)[NH+]=C(c3ccccc3)N(C3CCCC3)C2=O)[nH+]1. The second-order valence-electron chi connectivity index (χ2n) is 7.57. The van der Waals surface area contributed by atoms with Gasteiger partial charge in [0.05, 0.1) is 11.3 Å². The van der Waals surface area contributed by atoms with Crippen molar-refractivity contribution >= 4 is 17.6 Å². The number of benzene rings is 1. The van der Waals surface area contributed by atoms with Gasteiger partial charge in [0.15, 0.2) is 0 Å². The van der Waals surface area contributed by atoms with Gasteiger partial charge >= 0.3 is 17.7 Å². The van der Waals surface area contributed by atoms with Crippen molar-refractivity contribution in [1.29, 1.82) is 0 Å². The summed E-state index contributed by atoms with van der Waals surface area (Å²) >= 11 is 0. The summed E-state index contributed by atoms with van der Waals surface area (Å²) in [7, 11) is 0. The van der Waals surface area contributed by atoms with Gasteiger partial charge in [-0.3, -0.25) is 0 Å². The molecule has 29 heavy (non-hydrogen) atoms. The molecule has 1 fully saturated rings. The van der Waals surface area contributed by atoms with E-state index in [9.17, 15) is 18.0 Å². The number of alkyl halides is 3. The number of amidine groups is 1. The van der Waals surface area contributed by atoms with Gasteiger partial charge in [0.2, 0.25) is 0 Å². The number of nitrogens with zero attached hydrogens (tertiary/aromatic N) is 1. The van der Waals surface area contributed by atoms with E-state index in [1.54, 1.807) is 49.4 Å². The van der Waals surface area contributed by atoms with E-state index in [1.807, 2.05) is 0 Å². The summed E-state index contributed by atoms with van der Waals surface area (Å²) in [5.41, 5.74) is -1.71. The summed E-state index contributed by atoms with van der Waals surface area (Å²) in [5.74, 6) is -0.713. The van der Waals surface area contributed by atoms with Crippen molar-refractivity contribution in [1.82, 2.24) is 4.90 Å². The van der Waals surface area contributed by atoms with E-state index in [-0.39, 0.29) is 17.7 Å². The highest BCUT2D eigenvalue weighted by Gasteiger charge is 2.76. The molecule has 0 unspecified atom stereocenters. The van der Waals surface area contributed by atoms with E-state index in [0.717, 1.165) is 12.8 Å². The summed E-state index contributed by atoms with van der Waals surface area (Å²) in [6, 6.07) is 13.3. The third-order valence-electron chi connectivity index (χ3n) is 5.51. The zero-order chi connectivity index (χ0) is 20.6. The topological polar surface area (TPSA) is 60.5 Å². The molecule has 1 atom stereocenters. The first-order valence-electron chi connectivity index (χ1n) is 9.70. The predicted molar refractivity (Wildman–Crippen MR) is 101 cm³/mol. The molecule has 5 nitrogen and oxygen atoms in total. The number of H-pyrrole nitrogens is 1. The Balaban J connectivity index is 1.85. The zero-order valence-corrected chi connectivity index (χ0v) is 16.0. The minimum absolute atomic E-state index is 0.115. The van der Waals surface area contributed by atoms with E-state index in [4.69, 9.17) is 0 Å². The Morgan fingerprint density at radius 2 is 1.76 bits per heavy atom. The van der Waals surface area contributed by atoms with Crippen LogP contribution in [0.5, 0.6) is 0 Å². The van der Waals surface area contributed by atoms with Crippen LogP contribution in [0.1, 0.15) is 36.9 Å². The number of carbonyl (C=O) groups excluding carboxylic acids is 1. The highest BCUT2D eigenvalue weighted by molar-refractivity contribution is 6.11. The number of nitrogens with one attached hydrogen (secondary N) is 3. The molecule has 2 aliphatic rings. The first-order valence-corrected chi connectivity index (χ1v) is 9.70. The Morgan fingerprint density at radius 1 is 1.07 bits per heavy atom. The molecule has 3 N–H and O–H groups in total.